The van der Waals surface area contributed by atoms with Gasteiger partial charge in [-0.25, -0.2) is 0 Å². The number of anilines is 4. The molecule has 1 aliphatic heterocycles. The summed E-state index contributed by atoms with van der Waals surface area (Å²) < 4.78 is 0. The number of nitrogens with zero attached hydrogens (tertiary/aromatic N) is 4. The molecule has 0 fully saturated rings. The third-order valence-corrected chi connectivity index (χ3v) is 6.28. The van der Waals surface area contributed by atoms with E-state index in [2.05, 4.69) is 100 Å². The molecule has 0 amide bonds. The van der Waals surface area contributed by atoms with Crippen LogP contribution in [-0.4, -0.2) is 0 Å². The van der Waals surface area contributed by atoms with Crippen molar-refractivity contribution < 1.29 is 22.4 Å². The minimum absolute atomic E-state index is 0. The number of hydrogen-bond donors (Lipinski definition) is 0. The third kappa shape index (κ3) is 4.64. The summed E-state index contributed by atoms with van der Waals surface area (Å²) in [6.07, 6.45) is 0. The zero-order valence-corrected chi connectivity index (χ0v) is 22.0. The van der Waals surface area contributed by atoms with E-state index < -0.39 is 0 Å². The van der Waals surface area contributed by atoms with Crippen molar-refractivity contribution in [3.05, 3.63) is 140 Å². The summed E-state index contributed by atoms with van der Waals surface area (Å²) in [5.74, 6) is 0. The fraction of sp³-hybridized carbons (Fsp3) is 0. The standard InChI is InChI=1S/C19H15N2.C13H7N2.Au/c1-3-9-16(10-4-1)20-15-21(17-11-5-2-6-12-17)19-14-8-7-13-18(19)20;14-8-9-4-3-7-12-13(9)10-5-1-2-6-11(10)15-12;/h1-15H;1-7H;/q2*-1;. The van der Waals surface area contributed by atoms with Crippen LogP contribution in [0.25, 0.3) is 21.8 Å². The summed E-state index contributed by atoms with van der Waals surface area (Å²) in [5.41, 5.74) is 7.29. The van der Waals surface area contributed by atoms with Gasteiger partial charge >= 0.3 is 0 Å². The Labute approximate surface area is 231 Å². The van der Waals surface area contributed by atoms with E-state index in [0.717, 1.165) is 21.8 Å². The molecule has 5 heteroatoms. The SMILES string of the molecule is N#Cc1cccc2[n-]c3ccccc3c12.[Au].c1ccc(N2[CH-]N(c3ccccc3)c3ccccc32)cc1. The van der Waals surface area contributed by atoms with Crippen LogP contribution in [0.4, 0.5) is 22.7 Å². The summed E-state index contributed by atoms with van der Waals surface area (Å²) in [6.45, 7) is 2.15. The maximum absolute atomic E-state index is 9.04. The van der Waals surface area contributed by atoms with Gasteiger partial charge in [0.1, 0.15) is 0 Å². The van der Waals surface area contributed by atoms with E-state index in [4.69, 9.17) is 5.26 Å². The van der Waals surface area contributed by atoms with Crippen molar-refractivity contribution in [1.29, 1.82) is 5.26 Å². The molecule has 37 heavy (non-hydrogen) atoms. The van der Waals surface area contributed by atoms with Crippen LogP contribution in [0.15, 0.2) is 127 Å². The van der Waals surface area contributed by atoms with Crippen LogP contribution in [0.1, 0.15) is 5.56 Å². The zero-order chi connectivity index (χ0) is 24.3. The monoisotopic (exact) mass is 659 g/mol. The minimum Gasteiger partial charge on any atom is -0.657 e. The van der Waals surface area contributed by atoms with Gasteiger partial charge in [-0.2, -0.15) is 5.26 Å². The van der Waals surface area contributed by atoms with Gasteiger partial charge in [0.2, 0.25) is 0 Å². The molecule has 0 unspecified atom stereocenters. The Hall–Kier alpha value is -4.27. The topological polar surface area (TPSA) is 44.4 Å². The molecule has 183 valence electrons. The van der Waals surface area contributed by atoms with Crippen molar-refractivity contribution >= 4 is 44.6 Å². The van der Waals surface area contributed by atoms with E-state index in [-0.39, 0.29) is 22.4 Å². The third-order valence-electron chi connectivity index (χ3n) is 6.28. The van der Waals surface area contributed by atoms with Crippen molar-refractivity contribution in [2.45, 2.75) is 0 Å². The van der Waals surface area contributed by atoms with Gasteiger partial charge in [-0.1, -0.05) is 84.9 Å². The quantitative estimate of drug-likeness (QED) is 0.140. The van der Waals surface area contributed by atoms with Gasteiger partial charge < -0.3 is 14.8 Å². The molecular formula is C32H22AuN4-2. The second kappa shape index (κ2) is 10.8. The summed E-state index contributed by atoms with van der Waals surface area (Å²) in [6, 6.07) is 45.1. The van der Waals surface area contributed by atoms with Crippen molar-refractivity contribution in [1.82, 2.24) is 4.98 Å². The first kappa shape index (κ1) is 24.4. The van der Waals surface area contributed by atoms with Crippen LogP contribution >= 0.6 is 0 Å². The van der Waals surface area contributed by atoms with Gasteiger partial charge in [-0.3, -0.25) is 0 Å². The minimum atomic E-state index is 0. The summed E-state index contributed by atoms with van der Waals surface area (Å²) in [5, 5.41) is 11.1. The van der Waals surface area contributed by atoms with E-state index in [9.17, 15) is 0 Å². The van der Waals surface area contributed by atoms with Crippen LogP contribution in [0.2, 0.25) is 0 Å². The Morgan fingerprint density at radius 1 is 0.568 bits per heavy atom. The van der Waals surface area contributed by atoms with Gasteiger partial charge in [-0.15, -0.1) is 17.7 Å². The van der Waals surface area contributed by atoms with Crippen LogP contribution in [0.5, 0.6) is 0 Å². The van der Waals surface area contributed by atoms with Gasteiger partial charge in [0.05, 0.1) is 11.6 Å². The number of para-hydroxylation sites is 5. The van der Waals surface area contributed by atoms with E-state index in [1.165, 1.54) is 22.7 Å². The molecule has 0 atom stereocenters. The zero-order valence-electron chi connectivity index (χ0n) is 19.8. The number of aromatic nitrogens is 1. The normalized spacial score (nSPS) is 11.9. The fourth-order valence-electron chi connectivity index (χ4n) is 4.62. The summed E-state index contributed by atoms with van der Waals surface area (Å²) >= 11 is 0. The Morgan fingerprint density at radius 3 is 1.68 bits per heavy atom. The molecule has 7 rings (SSSR count). The average molecular weight is 660 g/mol. The summed E-state index contributed by atoms with van der Waals surface area (Å²) in [7, 11) is 0. The van der Waals surface area contributed by atoms with Gasteiger partial charge in [-0.05, 0) is 53.2 Å². The second-order valence-electron chi connectivity index (χ2n) is 8.46. The maximum atomic E-state index is 9.04. The van der Waals surface area contributed by atoms with Crippen molar-refractivity contribution in [3.63, 3.8) is 0 Å². The first-order valence-corrected chi connectivity index (χ1v) is 11.8. The molecule has 1 radical (unpaired) electrons. The van der Waals surface area contributed by atoms with Crippen molar-refractivity contribution in [2.75, 3.05) is 9.80 Å². The van der Waals surface area contributed by atoms with E-state index in [1.807, 2.05) is 54.6 Å². The number of hydrogen-bond acceptors (Lipinski definition) is 3. The maximum Gasteiger partial charge on any atom is 0.0997 e. The van der Waals surface area contributed by atoms with Gasteiger partial charge in [0.15, 0.2) is 0 Å². The Bertz CT molecular complexity index is 1620. The molecular weight excluding hydrogens is 637 g/mol. The van der Waals surface area contributed by atoms with E-state index in [0.29, 0.717) is 5.56 Å². The summed E-state index contributed by atoms with van der Waals surface area (Å²) in [4.78, 5) is 8.92. The average Bonchev–Trinajstić information content (AvgIpc) is 3.53. The molecule has 4 nitrogen and oxygen atoms in total. The smallest absolute Gasteiger partial charge is 0.0997 e. The Morgan fingerprint density at radius 2 is 1.08 bits per heavy atom. The Kier molecular flexibility index (Phi) is 7.11. The largest absolute Gasteiger partial charge is 0.657 e. The molecule has 6 aromatic rings. The van der Waals surface area contributed by atoms with Crippen LogP contribution in [0.3, 0.4) is 0 Å². The molecule has 0 saturated carbocycles. The molecule has 1 aromatic heterocycles. The molecule has 5 aromatic carbocycles. The molecule has 0 bridgehead atoms. The van der Waals surface area contributed by atoms with Crippen molar-refractivity contribution in [2.24, 2.45) is 0 Å². The van der Waals surface area contributed by atoms with Crippen LogP contribution < -0.4 is 14.8 Å². The van der Waals surface area contributed by atoms with E-state index >= 15 is 0 Å². The number of benzene rings is 5. The second-order valence-corrected chi connectivity index (χ2v) is 8.46. The molecule has 0 saturated heterocycles. The van der Waals surface area contributed by atoms with Crippen LogP contribution in [0, 0.1) is 18.0 Å². The molecule has 1 aliphatic rings. The molecule has 0 spiro atoms. The predicted molar refractivity (Wildman–Crippen MR) is 147 cm³/mol. The number of rotatable bonds is 2. The van der Waals surface area contributed by atoms with Gasteiger partial charge in [0, 0.05) is 45.1 Å². The fourth-order valence-corrected chi connectivity index (χ4v) is 4.62. The van der Waals surface area contributed by atoms with Crippen molar-refractivity contribution in [3.8, 4) is 6.07 Å². The molecule has 0 aliphatic carbocycles. The van der Waals surface area contributed by atoms with E-state index in [1.54, 1.807) is 0 Å². The first-order chi connectivity index (χ1) is 17.8. The number of nitriles is 1. The molecule has 0 N–H and O–H groups in total. The molecule has 2 heterocycles. The first-order valence-electron chi connectivity index (χ1n) is 11.8. The van der Waals surface area contributed by atoms with Crippen LogP contribution in [-0.2, 0) is 22.4 Å². The Balaban J connectivity index is 0.000000155. The van der Waals surface area contributed by atoms with Gasteiger partial charge in [0.25, 0.3) is 0 Å². The predicted octanol–water partition coefficient (Wildman–Crippen LogP) is 7.92. The number of fused-ring (bicyclic) bond motifs is 4.